The van der Waals surface area contributed by atoms with Gasteiger partial charge in [-0.3, -0.25) is 0 Å². The van der Waals surface area contributed by atoms with Gasteiger partial charge in [0.05, 0.1) is 11.2 Å². The summed E-state index contributed by atoms with van der Waals surface area (Å²) in [6, 6.07) is 15.2. The molecule has 0 amide bonds. The van der Waals surface area contributed by atoms with Crippen molar-refractivity contribution in [2.75, 3.05) is 6.26 Å². The van der Waals surface area contributed by atoms with Gasteiger partial charge in [-0.1, -0.05) is 44.4 Å². The molecule has 3 aromatic rings. The van der Waals surface area contributed by atoms with Gasteiger partial charge < -0.3 is 0 Å². The Labute approximate surface area is 142 Å². The van der Waals surface area contributed by atoms with E-state index in [2.05, 4.69) is 49.6 Å². The van der Waals surface area contributed by atoms with Crippen LogP contribution in [0.1, 0.15) is 38.3 Å². The van der Waals surface area contributed by atoms with Gasteiger partial charge in [0.15, 0.2) is 0 Å². The van der Waals surface area contributed by atoms with Crippen LogP contribution in [0.5, 0.6) is 0 Å². The number of benzene rings is 1. The zero-order chi connectivity index (χ0) is 16.1. The van der Waals surface area contributed by atoms with E-state index in [4.69, 9.17) is 5.10 Å². The first-order chi connectivity index (χ1) is 11.3. The molecule has 0 unspecified atom stereocenters. The molecule has 2 heterocycles. The number of pyridine rings is 1. The molecule has 0 radical (unpaired) electrons. The first-order valence-electron chi connectivity index (χ1n) is 8.44. The summed E-state index contributed by atoms with van der Waals surface area (Å²) in [5.74, 6) is 0. The molecular formula is C20H24N2S. The van der Waals surface area contributed by atoms with Crippen LogP contribution in [-0.4, -0.2) is 15.9 Å². The third-order valence-corrected chi connectivity index (χ3v) is 5.00. The van der Waals surface area contributed by atoms with Crippen molar-refractivity contribution in [3.05, 3.63) is 54.4 Å². The fraction of sp³-hybridized carbons (Fsp3) is 0.350. The van der Waals surface area contributed by atoms with E-state index in [0.717, 1.165) is 6.42 Å². The summed E-state index contributed by atoms with van der Waals surface area (Å²) in [4.78, 5) is 1.30. The third kappa shape index (κ3) is 3.61. The summed E-state index contributed by atoms with van der Waals surface area (Å²) in [6.07, 6.45) is 10.3. The molecule has 23 heavy (non-hydrogen) atoms. The van der Waals surface area contributed by atoms with Crippen molar-refractivity contribution in [3.8, 4) is 11.1 Å². The molecule has 0 atom stereocenters. The number of hydrogen-bond acceptors (Lipinski definition) is 2. The van der Waals surface area contributed by atoms with Gasteiger partial charge in [0.1, 0.15) is 0 Å². The minimum Gasteiger partial charge on any atom is -0.240 e. The number of unbranched alkanes of at least 4 members (excludes halogenated alkanes) is 3. The zero-order valence-electron chi connectivity index (χ0n) is 14.0. The van der Waals surface area contributed by atoms with Crippen LogP contribution in [0.3, 0.4) is 0 Å². The predicted octanol–water partition coefficient (Wildman–Crippen LogP) is 5.85. The lowest BCUT2D eigenvalue weighted by atomic mass is 10.0. The van der Waals surface area contributed by atoms with Gasteiger partial charge >= 0.3 is 0 Å². The number of aryl methyl sites for hydroxylation is 1. The van der Waals surface area contributed by atoms with Gasteiger partial charge in [-0.2, -0.15) is 5.10 Å². The molecule has 0 N–H and O–H groups in total. The molecular weight excluding hydrogens is 300 g/mol. The highest BCUT2D eigenvalue weighted by Gasteiger charge is 2.14. The van der Waals surface area contributed by atoms with E-state index in [1.165, 1.54) is 52.9 Å². The normalized spacial score (nSPS) is 11.2. The SMILES string of the molecule is CCCCCCc1nn2ccccc2c1-c1ccc(SC)cc1. The molecule has 0 aliphatic rings. The Bertz CT molecular complexity index is 759. The van der Waals surface area contributed by atoms with E-state index in [-0.39, 0.29) is 0 Å². The molecule has 2 nitrogen and oxygen atoms in total. The van der Waals surface area contributed by atoms with Gasteiger partial charge in [-0.15, -0.1) is 11.8 Å². The Kier molecular flexibility index (Phi) is 5.39. The lowest BCUT2D eigenvalue weighted by Crippen LogP contribution is -1.91. The number of thioether (sulfide) groups is 1. The smallest absolute Gasteiger partial charge is 0.0743 e. The van der Waals surface area contributed by atoms with E-state index in [0.29, 0.717) is 0 Å². The van der Waals surface area contributed by atoms with E-state index in [1.54, 1.807) is 11.8 Å². The van der Waals surface area contributed by atoms with Gasteiger partial charge in [0.25, 0.3) is 0 Å². The van der Waals surface area contributed by atoms with Crippen molar-refractivity contribution in [1.29, 1.82) is 0 Å². The lowest BCUT2D eigenvalue weighted by molar-refractivity contribution is 0.658. The second kappa shape index (κ2) is 7.69. The molecule has 3 heteroatoms. The average Bonchev–Trinajstić information content (AvgIpc) is 2.97. The van der Waals surface area contributed by atoms with Crippen LogP contribution in [0.25, 0.3) is 16.6 Å². The Hall–Kier alpha value is -1.74. The first kappa shape index (κ1) is 16.1. The summed E-state index contributed by atoms with van der Waals surface area (Å²) < 4.78 is 2.02. The molecule has 0 aliphatic carbocycles. The molecule has 0 spiro atoms. The van der Waals surface area contributed by atoms with Crippen molar-refractivity contribution >= 4 is 17.3 Å². The maximum absolute atomic E-state index is 4.84. The monoisotopic (exact) mass is 324 g/mol. The zero-order valence-corrected chi connectivity index (χ0v) is 14.8. The van der Waals surface area contributed by atoms with Crippen molar-refractivity contribution in [3.63, 3.8) is 0 Å². The highest BCUT2D eigenvalue weighted by molar-refractivity contribution is 7.98. The minimum absolute atomic E-state index is 1.06. The molecule has 0 fully saturated rings. The van der Waals surface area contributed by atoms with Crippen molar-refractivity contribution in [1.82, 2.24) is 9.61 Å². The number of hydrogen-bond donors (Lipinski definition) is 0. The summed E-state index contributed by atoms with van der Waals surface area (Å²) in [5.41, 5.74) is 5.00. The molecule has 2 aromatic heterocycles. The van der Waals surface area contributed by atoms with Gasteiger partial charge in [-0.05, 0) is 48.9 Å². The molecule has 0 saturated heterocycles. The summed E-state index contributed by atoms with van der Waals surface area (Å²) in [5, 5.41) is 4.84. The van der Waals surface area contributed by atoms with Crippen LogP contribution < -0.4 is 0 Å². The van der Waals surface area contributed by atoms with Crippen LogP contribution >= 0.6 is 11.8 Å². The minimum atomic E-state index is 1.06. The van der Waals surface area contributed by atoms with Gasteiger partial charge in [0, 0.05) is 16.7 Å². The highest BCUT2D eigenvalue weighted by Crippen LogP contribution is 2.31. The second-order valence-corrected chi connectivity index (χ2v) is 6.77. The first-order valence-corrected chi connectivity index (χ1v) is 9.66. The number of fused-ring (bicyclic) bond motifs is 1. The Morgan fingerprint density at radius 2 is 1.83 bits per heavy atom. The fourth-order valence-corrected chi connectivity index (χ4v) is 3.42. The molecule has 3 rings (SSSR count). The standard InChI is InChI=1S/C20H24N2S/c1-3-4-5-6-9-18-20(16-11-13-17(23-2)14-12-16)19-10-7-8-15-22(19)21-18/h7-8,10-15H,3-6,9H2,1-2H3. The van der Waals surface area contributed by atoms with E-state index < -0.39 is 0 Å². The largest absolute Gasteiger partial charge is 0.240 e. The van der Waals surface area contributed by atoms with Gasteiger partial charge in [-0.25, -0.2) is 4.52 Å². The molecule has 120 valence electrons. The molecule has 0 bridgehead atoms. The van der Waals surface area contributed by atoms with Crippen LogP contribution in [0.2, 0.25) is 0 Å². The van der Waals surface area contributed by atoms with E-state index in [9.17, 15) is 0 Å². The van der Waals surface area contributed by atoms with Crippen molar-refractivity contribution < 1.29 is 0 Å². The van der Waals surface area contributed by atoms with Crippen molar-refractivity contribution in [2.45, 2.75) is 43.9 Å². The van der Waals surface area contributed by atoms with E-state index in [1.807, 2.05) is 16.8 Å². The predicted molar refractivity (Wildman–Crippen MR) is 100 cm³/mol. The Morgan fingerprint density at radius 3 is 2.57 bits per heavy atom. The van der Waals surface area contributed by atoms with Crippen LogP contribution in [0.15, 0.2) is 53.6 Å². The Morgan fingerprint density at radius 1 is 1.00 bits per heavy atom. The third-order valence-electron chi connectivity index (χ3n) is 4.26. The maximum atomic E-state index is 4.84. The number of rotatable bonds is 7. The van der Waals surface area contributed by atoms with Crippen LogP contribution in [-0.2, 0) is 6.42 Å². The topological polar surface area (TPSA) is 17.3 Å². The van der Waals surface area contributed by atoms with E-state index >= 15 is 0 Å². The Balaban J connectivity index is 1.97. The molecule has 1 aromatic carbocycles. The summed E-state index contributed by atoms with van der Waals surface area (Å²) in [6.45, 7) is 2.25. The molecule has 0 aliphatic heterocycles. The maximum Gasteiger partial charge on any atom is 0.0743 e. The average molecular weight is 324 g/mol. The number of aromatic nitrogens is 2. The lowest BCUT2D eigenvalue weighted by Gasteiger charge is -2.05. The van der Waals surface area contributed by atoms with Crippen LogP contribution in [0.4, 0.5) is 0 Å². The second-order valence-electron chi connectivity index (χ2n) is 5.89. The quantitative estimate of drug-likeness (QED) is 0.401. The molecule has 0 saturated carbocycles. The fourth-order valence-electron chi connectivity index (χ4n) is 3.01. The summed E-state index contributed by atoms with van der Waals surface area (Å²) in [7, 11) is 0. The van der Waals surface area contributed by atoms with Crippen molar-refractivity contribution in [2.24, 2.45) is 0 Å². The number of nitrogens with zero attached hydrogens (tertiary/aromatic N) is 2. The highest BCUT2D eigenvalue weighted by atomic mass is 32.2. The summed E-state index contributed by atoms with van der Waals surface area (Å²) >= 11 is 1.78. The van der Waals surface area contributed by atoms with Gasteiger partial charge in [0.2, 0.25) is 0 Å². The van der Waals surface area contributed by atoms with Crippen LogP contribution in [0, 0.1) is 0 Å².